The third-order valence-electron chi connectivity index (χ3n) is 5.13. The Morgan fingerprint density at radius 1 is 1.03 bits per heavy atom. The lowest BCUT2D eigenvalue weighted by molar-refractivity contribution is 0.103. The number of aryl methyl sites for hydroxylation is 1. The second kappa shape index (κ2) is 7.83. The Balaban J connectivity index is 1.76. The van der Waals surface area contributed by atoms with Gasteiger partial charge in [-0.1, -0.05) is 18.2 Å². The largest absolute Gasteiger partial charge is 0.397 e. The molecule has 0 unspecified atom stereocenters. The number of hydrogen-bond donors (Lipinski definition) is 1. The number of allylic oxidation sites excluding steroid dienone is 1. The summed E-state index contributed by atoms with van der Waals surface area (Å²) in [5.41, 5.74) is 13.2. The molecule has 0 fully saturated rings. The van der Waals surface area contributed by atoms with Crippen LogP contribution in [0, 0.1) is 17.4 Å². The van der Waals surface area contributed by atoms with Gasteiger partial charge >= 0.3 is 0 Å². The number of aliphatic imine (C=N–C) groups is 1. The number of halogens is 1. The maximum atomic E-state index is 12.9. The average molecular weight is 493 g/mol. The molecule has 1 heterocycles. The summed E-state index contributed by atoms with van der Waals surface area (Å²) in [6.07, 6.45) is 5.62. The summed E-state index contributed by atoms with van der Waals surface area (Å²) in [7, 11) is 0. The standard InChI is InChI=1S/C24H20IN3O/c1-15-8-10-22-23(16(15)2)27-12-5-13-28(22)21-11-9-17(14-20(21)26)24(29)18-6-3-4-7-19(18)25/h3-14H,26H2,1-2H3. The number of anilines is 3. The molecule has 5 heteroatoms. The highest BCUT2D eigenvalue weighted by molar-refractivity contribution is 14.1. The van der Waals surface area contributed by atoms with Gasteiger partial charge in [-0.15, -0.1) is 0 Å². The van der Waals surface area contributed by atoms with E-state index in [-0.39, 0.29) is 5.78 Å². The van der Waals surface area contributed by atoms with E-state index in [0.717, 1.165) is 26.2 Å². The molecule has 0 atom stereocenters. The Morgan fingerprint density at radius 2 is 1.79 bits per heavy atom. The van der Waals surface area contributed by atoms with E-state index in [1.165, 1.54) is 5.56 Å². The summed E-state index contributed by atoms with van der Waals surface area (Å²) < 4.78 is 0.921. The molecule has 4 rings (SSSR count). The smallest absolute Gasteiger partial charge is 0.194 e. The number of nitrogens with two attached hydrogens (primary N) is 1. The van der Waals surface area contributed by atoms with Crippen molar-refractivity contribution in [3.63, 3.8) is 0 Å². The van der Waals surface area contributed by atoms with Crippen LogP contribution in [0.2, 0.25) is 0 Å². The van der Waals surface area contributed by atoms with Crippen LogP contribution in [-0.2, 0) is 0 Å². The van der Waals surface area contributed by atoms with Gasteiger partial charge in [0.1, 0.15) is 0 Å². The van der Waals surface area contributed by atoms with E-state index in [1.54, 1.807) is 12.3 Å². The predicted octanol–water partition coefficient (Wildman–Crippen LogP) is 6.09. The number of fused-ring (bicyclic) bond motifs is 1. The molecule has 0 bridgehead atoms. The first-order chi connectivity index (χ1) is 14.0. The Kier molecular flexibility index (Phi) is 5.24. The third kappa shape index (κ3) is 3.58. The first-order valence-electron chi connectivity index (χ1n) is 9.26. The molecule has 4 nitrogen and oxygen atoms in total. The van der Waals surface area contributed by atoms with E-state index in [9.17, 15) is 4.79 Å². The highest BCUT2D eigenvalue weighted by atomic mass is 127. The van der Waals surface area contributed by atoms with Gasteiger partial charge in [0.05, 0.1) is 22.7 Å². The van der Waals surface area contributed by atoms with Gasteiger partial charge in [0.2, 0.25) is 0 Å². The summed E-state index contributed by atoms with van der Waals surface area (Å²) in [5.74, 6) is -0.0325. The van der Waals surface area contributed by atoms with Crippen LogP contribution >= 0.6 is 22.6 Å². The topological polar surface area (TPSA) is 58.7 Å². The van der Waals surface area contributed by atoms with Crippen molar-refractivity contribution < 1.29 is 4.79 Å². The molecule has 0 saturated heterocycles. The Labute approximate surface area is 183 Å². The second-order valence-corrected chi connectivity index (χ2v) is 8.11. The van der Waals surface area contributed by atoms with Crippen molar-refractivity contribution in [1.29, 1.82) is 0 Å². The number of benzene rings is 3. The second-order valence-electron chi connectivity index (χ2n) is 6.95. The molecule has 3 aromatic carbocycles. The molecular formula is C24H20IN3O. The Morgan fingerprint density at radius 3 is 2.55 bits per heavy atom. The monoisotopic (exact) mass is 493 g/mol. The number of hydrogen-bond acceptors (Lipinski definition) is 4. The number of nitrogens with zero attached hydrogens (tertiary/aromatic N) is 2. The van der Waals surface area contributed by atoms with E-state index in [2.05, 4.69) is 53.6 Å². The zero-order valence-corrected chi connectivity index (χ0v) is 18.3. The maximum Gasteiger partial charge on any atom is 0.194 e. The fraction of sp³-hybridized carbons (Fsp3) is 0.0833. The highest BCUT2D eigenvalue weighted by Crippen LogP contribution is 2.41. The van der Waals surface area contributed by atoms with Crippen LogP contribution in [0.25, 0.3) is 0 Å². The van der Waals surface area contributed by atoms with Crippen molar-refractivity contribution in [2.45, 2.75) is 13.8 Å². The SMILES string of the molecule is Cc1ccc2c(c1C)N=CC=CN2c1ccc(C(=O)c2ccccc2I)cc1N. The van der Waals surface area contributed by atoms with Crippen LogP contribution in [0.5, 0.6) is 0 Å². The van der Waals surface area contributed by atoms with Crippen LogP contribution in [0.15, 0.2) is 71.9 Å². The minimum atomic E-state index is -0.0325. The maximum absolute atomic E-state index is 12.9. The number of nitrogen functional groups attached to an aromatic ring is 1. The molecule has 1 aliphatic rings. The molecular weight excluding hydrogens is 473 g/mol. The van der Waals surface area contributed by atoms with Crippen LogP contribution in [-0.4, -0.2) is 12.0 Å². The summed E-state index contributed by atoms with van der Waals surface area (Å²) in [5, 5.41) is 0. The summed E-state index contributed by atoms with van der Waals surface area (Å²) in [6.45, 7) is 4.15. The zero-order chi connectivity index (χ0) is 20.5. The summed E-state index contributed by atoms with van der Waals surface area (Å²) in [6, 6.07) is 17.2. The highest BCUT2D eigenvalue weighted by Gasteiger charge is 2.19. The van der Waals surface area contributed by atoms with Gasteiger partial charge in [0, 0.05) is 27.1 Å². The number of carbonyl (C=O) groups excluding carboxylic acids is 1. The molecule has 0 aliphatic carbocycles. The quantitative estimate of drug-likeness (QED) is 0.273. The first-order valence-corrected chi connectivity index (χ1v) is 10.3. The van der Waals surface area contributed by atoms with E-state index < -0.39 is 0 Å². The van der Waals surface area contributed by atoms with Gasteiger partial charge in [0.15, 0.2) is 5.78 Å². The fourth-order valence-corrected chi connectivity index (χ4v) is 4.02. The summed E-state index contributed by atoms with van der Waals surface area (Å²) in [4.78, 5) is 19.6. The lowest BCUT2D eigenvalue weighted by Gasteiger charge is -2.24. The minimum absolute atomic E-state index is 0.0325. The number of ketones is 1. The lowest BCUT2D eigenvalue weighted by Crippen LogP contribution is -2.12. The first kappa shape index (κ1) is 19.4. The van der Waals surface area contributed by atoms with Crippen molar-refractivity contribution in [2.75, 3.05) is 10.6 Å². The zero-order valence-electron chi connectivity index (χ0n) is 16.2. The molecule has 0 radical (unpaired) electrons. The van der Waals surface area contributed by atoms with Gasteiger partial charge in [-0.25, -0.2) is 0 Å². The van der Waals surface area contributed by atoms with Crippen molar-refractivity contribution >= 4 is 57.3 Å². The summed E-state index contributed by atoms with van der Waals surface area (Å²) >= 11 is 2.18. The minimum Gasteiger partial charge on any atom is -0.397 e. The molecule has 3 aromatic rings. The fourth-order valence-electron chi connectivity index (χ4n) is 3.39. The van der Waals surface area contributed by atoms with Crippen molar-refractivity contribution in [3.05, 3.63) is 92.7 Å². The Hall–Kier alpha value is -2.93. The van der Waals surface area contributed by atoms with Gasteiger partial charge in [0.25, 0.3) is 0 Å². The van der Waals surface area contributed by atoms with Crippen LogP contribution < -0.4 is 10.6 Å². The van der Waals surface area contributed by atoms with E-state index in [0.29, 0.717) is 16.8 Å². The van der Waals surface area contributed by atoms with Crippen LogP contribution in [0.1, 0.15) is 27.0 Å². The van der Waals surface area contributed by atoms with Gasteiger partial charge in [-0.3, -0.25) is 9.79 Å². The van der Waals surface area contributed by atoms with Gasteiger partial charge in [-0.05, 0) is 90.0 Å². The van der Waals surface area contributed by atoms with Crippen LogP contribution in [0.3, 0.4) is 0 Å². The van der Waals surface area contributed by atoms with Crippen molar-refractivity contribution in [1.82, 2.24) is 0 Å². The van der Waals surface area contributed by atoms with Crippen molar-refractivity contribution in [2.24, 2.45) is 4.99 Å². The molecule has 144 valence electrons. The molecule has 0 spiro atoms. The van der Waals surface area contributed by atoms with E-state index in [1.807, 2.05) is 53.6 Å². The normalized spacial score (nSPS) is 12.6. The molecule has 2 N–H and O–H groups in total. The van der Waals surface area contributed by atoms with Gasteiger partial charge in [-0.2, -0.15) is 0 Å². The average Bonchev–Trinajstić information content (AvgIpc) is 2.93. The van der Waals surface area contributed by atoms with E-state index in [4.69, 9.17) is 5.73 Å². The molecule has 0 aromatic heterocycles. The van der Waals surface area contributed by atoms with Crippen LogP contribution in [0.4, 0.5) is 22.7 Å². The molecule has 0 amide bonds. The van der Waals surface area contributed by atoms with Gasteiger partial charge < -0.3 is 10.6 Å². The Bertz CT molecular complexity index is 1180. The third-order valence-corrected chi connectivity index (χ3v) is 6.07. The van der Waals surface area contributed by atoms with Crippen molar-refractivity contribution in [3.8, 4) is 0 Å². The predicted molar refractivity (Wildman–Crippen MR) is 129 cm³/mol. The number of carbonyl (C=O) groups is 1. The number of rotatable bonds is 3. The molecule has 29 heavy (non-hydrogen) atoms. The van der Waals surface area contributed by atoms with E-state index >= 15 is 0 Å². The molecule has 0 saturated carbocycles. The molecule has 1 aliphatic heterocycles. The lowest BCUT2D eigenvalue weighted by atomic mass is 10.0.